The first kappa shape index (κ1) is 11.5. The van der Waals surface area contributed by atoms with Crippen molar-refractivity contribution in [2.24, 2.45) is 0 Å². The number of hydrogen-bond donors (Lipinski definition) is 0. The second-order valence-corrected chi connectivity index (χ2v) is 6.22. The van der Waals surface area contributed by atoms with E-state index < -0.39 is 0 Å². The maximum Gasteiger partial charge on any atom is 0.152 e. The Morgan fingerprint density at radius 1 is 1.25 bits per heavy atom. The van der Waals surface area contributed by atoms with Crippen LogP contribution in [0.3, 0.4) is 0 Å². The van der Waals surface area contributed by atoms with Crippen LogP contribution in [0.15, 0.2) is 24.3 Å². The summed E-state index contributed by atoms with van der Waals surface area (Å²) in [6, 6.07) is 7.84. The van der Waals surface area contributed by atoms with Crippen molar-refractivity contribution in [1.29, 1.82) is 0 Å². The zero-order valence-electron chi connectivity index (χ0n) is 9.72. The molecule has 1 fully saturated rings. The fourth-order valence-electron chi connectivity index (χ4n) is 2.25. The second-order valence-electron chi connectivity index (χ2n) is 4.34. The molecule has 1 aromatic rings. The van der Waals surface area contributed by atoms with E-state index >= 15 is 0 Å². The number of thioether (sulfide) groups is 1. The monoisotopic (exact) mass is 235 g/mol. The molecule has 0 spiro atoms. The highest BCUT2D eigenvalue weighted by Crippen LogP contribution is 2.29. The van der Waals surface area contributed by atoms with Gasteiger partial charge in [-0.05, 0) is 12.1 Å². The first-order valence-electron chi connectivity index (χ1n) is 5.65. The first-order valence-corrected chi connectivity index (χ1v) is 6.59. The predicted octanol–water partition coefficient (Wildman–Crippen LogP) is 2.83. The predicted molar refractivity (Wildman–Crippen MR) is 70.6 cm³/mol. The number of para-hydroxylation sites is 1. The van der Waals surface area contributed by atoms with Gasteiger partial charge in [0.2, 0.25) is 0 Å². The van der Waals surface area contributed by atoms with E-state index in [1.165, 1.54) is 0 Å². The van der Waals surface area contributed by atoms with E-state index in [0.717, 1.165) is 30.6 Å². The van der Waals surface area contributed by atoms with Crippen LogP contribution in [0.25, 0.3) is 0 Å². The van der Waals surface area contributed by atoms with Crippen LogP contribution in [0, 0.1) is 0 Å². The van der Waals surface area contributed by atoms with Gasteiger partial charge in [0.1, 0.15) is 0 Å². The van der Waals surface area contributed by atoms with Crippen molar-refractivity contribution >= 4 is 23.7 Å². The van der Waals surface area contributed by atoms with E-state index in [2.05, 4.69) is 18.7 Å². The van der Waals surface area contributed by atoms with Gasteiger partial charge in [0.15, 0.2) is 6.29 Å². The Hall–Kier alpha value is -0.960. The Labute approximate surface area is 101 Å². The number of nitrogens with zero attached hydrogens (tertiary/aromatic N) is 1. The van der Waals surface area contributed by atoms with Gasteiger partial charge in [-0.2, -0.15) is 11.8 Å². The maximum absolute atomic E-state index is 11.0. The molecule has 1 aromatic carbocycles. The van der Waals surface area contributed by atoms with Gasteiger partial charge in [-0.25, -0.2) is 0 Å². The van der Waals surface area contributed by atoms with Crippen LogP contribution in [0.4, 0.5) is 5.69 Å². The second kappa shape index (κ2) is 4.91. The molecule has 1 aliphatic rings. The molecule has 0 amide bonds. The van der Waals surface area contributed by atoms with Gasteiger partial charge in [-0.1, -0.05) is 26.0 Å². The Morgan fingerprint density at radius 3 is 2.50 bits per heavy atom. The summed E-state index contributed by atoms with van der Waals surface area (Å²) >= 11 is 2.02. The molecule has 3 heteroatoms. The molecule has 0 radical (unpaired) electrons. The number of anilines is 1. The third-order valence-corrected chi connectivity index (χ3v) is 4.05. The summed E-state index contributed by atoms with van der Waals surface area (Å²) in [4.78, 5) is 13.3. The highest BCUT2D eigenvalue weighted by atomic mass is 32.2. The van der Waals surface area contributed by atoms with Gasteiger partial charge in [-0.15, -0.1) is 0 Å². The van der Waals surface area contributed by atoms with Gasteiger partial charge >= 0.3 is 0 Å². The van der Waals surface area contributed by atoms with Crippen molar-refractivity contribution < 1.29 is 4.79 Å². The molecule has 0 saturated carbocycles. The van der Waals surface area contributed by atoms with Crippen molar-refractivity contribution in [2.75, 3.05) is 18.0 Å². The van der Waals surface area contributed by atoms with Crippen LogP contribution in [0.2, 0.25) is 0 Å². The van der Waals surface area contributed by atoms with Crippen molar-refractivity contribution in [3.63, 3.8) is 0 Å². The lowest BCUT2D eigenvalue weighted by Gasteiger charge is -2.36. The maximum atomic E-state index is 11.0. The van der Waals surface area contributed by atoms with E-state index in [9.17, 15) is 4.79 Å². The molecule has 86 valence electrons. The third-order valence-electron chi connectivity index (χ3n) is 2.82. The van der Waals surface area contributed by atoms with Crippen LogP contribution >= 0.6 is 11.8 Å². The van der Waals surface area contributed by atoms with E-state index in [0.29, 0.717) is 10.5 Å². The molecular formula is C13H17NOS. The Bertz CT molecular complexity index is 370. The molecule has 0 N–H and O–H groups in total. The summed E-state index contributed by atoms with van der Waals surface area (Å²) < 4.78 is 0. The largest absolute Gasteiger partial charge is 0.369 e. The third kappa shape index (κ3) is 2.40. The number of benzene rings is 1. The number of rotatable bonds is 2. The molecule has 2 nitrogen and oxygen atoms in total. The lowest BCUT2D eigenvalue weighted by atomic mass is 10.1. The lowest BCUT2D eigenvalue weighted by molar-refractivity contribution is 0.112. The minimum absolute atomic E-state index is 0.628. The van der Waals surface area contributed by atoms with Crippen molar-refractivity contribution in [3.8, 4) is 0 Å². The van der Waals surface area contributed by atoms with Gasteiger partial charge in [0.05, 0.1) is 0 Å². The molecule has 1 aliphatic heterocycles. The fourth-order valence-corrected chi connectivity index (χ4v) is 3.57. The summed E-state index contributed by atoms with van der Waals surface area (Å²) in [5, 5.41) is 1.26. The number of aldehydes is 1. The average molecular weight is 235 g/mol. The first-order chi connectivity index (χ1) is 7.70. The van der Waals surface area contributed by atoms with Gasteiger partial charge in [0.25, 0.3) is 0 Å². The van der Waals surface area contributed by atoms with Gasteiger partial charge in [-0.3, -0.25) is 4.79 Å². The molecule has 0 bridgehead atoms. The minimum Gasteiger partial charge on any atom is -0.369 e. The van der Waals surface area contributed by atoms with E-state index in [1.807, 2.05) is 36.0 Å². The lowest BCUT2D eigenvalue weighted by Crippen LogP contribution is -2.40. The van der Waals surface area contributed by atoms with Gasteiger partial charge < -0.3 is 4.90 Å². The van der Waals surface area contributed by atoms with E-state index in [4.69, 9.17) is 0 Å². The van der Waals surface area contributed by atoms with Crippen molar-refractivity contribution in [3.05, 3.63) is 29.8 Å². The summed E-state index contributed by atoms with van der Waals surface area (Å²) in [5.41, 5.74) is 1.88. The van der Waals surface area contributed by atoms with Crippen LogP contribution in [-0.4, -0.2) is 29.9 Å². The fraction of sp³-hybridized carbons (Fsp3) is 0.462. The smallest absolute Gasteiger partial charge is 0.152 e. The molecule has 2 unspecified atom stereocenters. The number of hydrogen-bond acceptors (Lipinski definition) is 3. The van der Waals surface area contributed by atoms with Crippen LogP contribution in [0.1, 0.15) is 24.2 Å². The van der Waals surface area contributed by atoms with Crippen LogP contribution < -0.4 is 4.90 Å². The Kier molecular flexibility index (Phi) is 3.54. The number of carbonyl (C=O) groups is 1. The van der Waals surface area contributed by atoms with Crippen LogP contribution in [0.5, 0.6) is 0 Å². The number of carbonyl (C=O) groups excluding carboxylic acids is 1. The van der Waals surface area contributed by atoms with Crippen LogP contribution in [-0.2, 0) is 0 Å². The summed E-state index contributed by atoms with van der Waals surface area (Å²) in [6.45, 7) is 6.55. The highest BCUT2D eigenvalue weighted by Gasteiger charge is 2.23. The molecule has 1 heterocycles. The molecular weight excluding hydrogens is 218 g/mol. The Morgan fingerprint density at radius 2 is 1.88 bits per heavy atom. The molecule has 2 atom stereocenters. The average Bonchev–Trinajstić information content (AvgIpc) is 2.27. The normalized spacial score (nSPS) is 25.5. The zero-order valence-corrected chi connectivity index (χ0v) is 10.5. The molecule has 0 aromatic heterocycles. The van der Waals surface area contributed by atoms with Gasteiger partial charge in [0, 0.05) is 34.8 Å². The van der Waals surface area contributed by atoms with Crippen molar-refractivity contribution in [1.82, 2.24) is 0 Å². The molecule has 1 saturated heterocycles. The quantitative estimate of drug-likeness (QED) is 0.735. The molecule has 2 rings (SSSR count). The minimum atomic E-state index is 0.628. The zero-order chi connectivity index (χ0) is 11.5. The molecule has 0 aliphatic carbocycles. The highest BCUT2D eigenvalue weighted by molar-refractivity contribution is 8.00. The standard InChI is InChI=1S/C13H17NOS/c1-10-7-14(8-11(2)16-10)13-6-4-3-5-12(13)9-15/h3-6,9-11H,7-8H2,1-2H3. The summed E-state index contributed by atoms with van der Waals surface area (Å²) in [5.74, 6) is 0. The summed E-state index contributed by atoms with van der Waals surface area (Å²) in [7, 11) is 0. The van der Waals surface area contributed by atoms with E-state index in [1.54, 1.807) is 0 Å². The SMILES string of the molecule is CC1CN(c2ccccc2C=O)CC(C)S1. The topological polar surface area (TPSA) is 20.3 Å². The summed E-state index contributed by atoms with van der Waals surface area (Å²) in [6.07, 6.45) is 0.951. The Balaban J connectivity index is 2.25. The van der Waals surface area contributed by atoms with E-state index in [-0.39, 0.29) is 0 Å². The molecule has 16 heavy (non-hydrogen) atoms. The van der Waals surface area contributed by atoms with Crippen molar-refractivity contribution in [2.45, 2.75) is 24.3 Å².